The number of amides is 2. The van der Waals surface area contributed by atoms with E-state index >= 15 is 0 Å². The first kappa shape index (κ1) is 28.7. The van der Waals surface area contributed by atoms with Gasteiger partial charge in [0, 0.05) is 24.6 Å². The van der Waals surface area contributed by atoms with Crippen LogP contribution in [0.4, 0.5) is 23.8 Å². The van der Waals surface area contributed by atoms with Crippen LogP contribution in [0.3, 0.4) is 0 Å². The molecule has 2 amide bonds. The van der Waals surface area contributed by atoms with Gasteiger partial charge < -0.3 is 20.1 Å². The van der Waals surface area contributed by atoms with Crippen molar-refractivity contribution in [2.45, 2.75) is 69.4 Å². The van der Waals surface area contributed by atoms with Crippen molar-refractivity contribution in [2.24, 2.45) is 0 Å². The molecule has 218 valence electrons. The Hall–Kier alpha value is -3.86. The third-order valence-corrected chi connectivity index (χ3v) is 7.47. The van der Waals surface area contributed by atoms with Crippen molar-refractivity contribution in [3.05, 3.63) is 83.0 Å². The van der Waals surface area contributed by atoms with Crippen molar-refractivity contribution in [2.75, 3.05) is 18.4 Å². The molecule has 0 bridgehead atoms. The fourth-order valence-corrected chi connectivity index (χ4v) is 5.63. The Morgan fingerprint density at radius 3 is 2.02 bits per heavy atom. The first-order valence-electron chi connectivity index (χ1n) is 13.6. The van der Waals surface area contributed by atoms with Crippen LogP contribution in [0.2, 0.25) is 0 Å². The molecule has 2 aliphatic heterocycles. The lowest BCUT2D eigenvalue weighted by molar-refractivity contribution is -0.177. The van der Waals surface area contributed by atoms with Gasteiger partial charge >= 0.3 is 12.3 Å². The van der Waals surface area contributed by atoms with Gasteiger partial charge in [-0.05, 0) is 44.7 Å². The maximum Gasteiger partial charge on any atom is 0.410 e. The van der Waals surface area contributed by atoms with E-state index in [9.17, 15) is 27.9 Å². The van der Waals surface area contributed by atoms with Crippen LogP contribution in [0, 0.1) is 0 Å². The Morgan fingerprint density at radius 2 is 1.54 bits per heavy atom. The van der Waals surface area contributed by atoms with Gasteiger partial charge in [0.15, 0.2) is 0 Å². The number of nitrogens with one attached hydrogen (secondary N) is 1. The molecule has 11 heteroatoms. The molecule has 0 aliphatic carbocycles. The van der Waals surface area contributed by atoms with E-state index in [-0.39, 0.29) is 30.2 Å². The number of carbonyl (C=O) groups excluding carboxylic acids is 2. The summed E-state index contributed by atoms with van der Waals surface area (Å²) in [5, 5.41) is 17.8. The van der Waals surface area contributed by atoms with E-state index in [2.05, 4.69) is 5.32 Å². The third-order valence-electron chi connectivity index (χ3n) is 7.47. The molecule has 0 saturated carbocycles. The highest BCUT2D eigenvalue weighted by Gasteiger charge is 2.55. The molecule has 2 aromatic carbocycles. The number of likely N-dealkylation sites (tertiary alicyclic amines) is 1. The lowest BCUT2D eigenvalue weighted by Gasteiger charge is -2.35. The Labute approximate surface area is 236 Å². The number of halogens is 3. The first-order chi connectivity index (χ1) is 19.3. The van der Waals surface area contributed by atoms with E-state index < -0.39 is 47.8 Å². The molecule has 8 nitrogen and oxygen atoms in total. The van der Waals surface area contributed by atoms with Crippen molar-refractivity contribution >= 4 is 17.8 Å². The highest BCUT2D eigenvalue weighted by molar-refractivity contribution is 5.97. The fraction of sp³-hybridized carbons (Fsp3) is 0.433. The van der Waals surface area contributed by atoms with E-state index in [4.69, 9.17) is 9.84 Å². The maximum atomic E-state index is 14.5. The summed E-state index contributed by atoms with van der Waals surface area (Å²) in [5.41, 5.74) is 0.793. The van der Waals surface area contributed by atoms with E-state index in [1.807, 2.05) is 60.7 Å². The highest BCUT2D eigenvalue weighted by Crippen LogP contribution is 2.49. The molecule has 2 aliphatic rings. The van der Waals surface area contributed by atoms with Gasteiger partial charge in [-0.1, -0.05) is 60.7 Å². The van der Waals surface area contributed by atoms with Crippen LogP contribution in [0.25, 0.3) is 0 Å². The largest absolute Gasteiger partial charge is 0.444 e. The number of piperidine rings is 1. The Balaban J connectivity index is 1.62. The summed E-state index contributed by atoms with van der Waals surface area (Å²) in [6.07, 6.45) is -7.00. The number of benzene rings is 2. The maximum absolute atomic E-state index is 14.5. The molecule has 3 aromatic rings. The zero-order valence-corrected chi connectivity index (χ0v) is 23.1. The second-order valence-electron chi connectivity index (χ2n) is 11.5. The minimum atomic E-state index is -4.90. The second kappa shape index (κ2) is 10.8. The zero-order valence-electron chi connectivity index (χ0n) is 23.1. The first-order valence-corrected chi connectivity index (χ1v) is 13.6. The molecule has 3 heterocycles. The average molecular weight is 571 g/mol. The normalized spacial score (nSPS) is 20.1. The van der Waals surface area contributed by atoms with Crippen LogP contribution in [0.1, 0.15) is 73.9 Å². The molecule has 1 fully saturated rings. The van der Waals surface area contributed by atoms with Gasteiger partial charge in [0.1, 0.15) is 29.5 Å². The number of hydrogen-bond donors (Lipinski definition) is 2. The van der Waals surface area contributed by atoms with Gasteiger partial charge in [-0.25, -0.2) is 9.48 Å². The van der Waals surface area contributed by atoms with Gasteiger partial charge in [-0.3, -0.25) is 4.79 Å². The number of fused-ring (bicyclic) bond motifs is 1. The Bertz CT molecular complexity index is 1360. The van der Waals surface area contributed by atoms with E-state index in [1.165, 1.54) is 4.68 Å². The van der Waals surface area contributed by atoms with Gasteiger partial charge in [-0.2, -0.15) is 18.3 Å². The number of ether oxygens (including phenoxy) is 1. The molecule has 5 rings (SSSR count). The van der Waals surface area contributed by atoms with Gasteiger partial charge in [0.25, 0.3) is 5.91 Å². The van der Waals surface area contributed by atoms with E-state index in [0.717, 1.165) is 11.1 Å². The van der Waals surface area contributed by atoms with Gasteiger partial charge in [0.2, 0.25) is 0 Å². The molecule has 0 spiro atoms. The molecular weight excluding hydrogens is 537 g/mol. The number of hydrogen-bond acceptors (Lipinski definition) is 5. The number of carbonyl (C=O) groups is 2. The Morgan fingerprint density at radius 1 is 1.00 bits per heavy atom. The quantitative estimate of drug-likeness (QED) is 0.426. The summed E-state index contributed by atoms with van der Waals surface area (Å²) in [6.45, 7) is 5.84. The predicted octanol–water partition coefficient (Wildman–Crippen LogP) is 5.59. The summed E-state index contributed by atoms with van der Waals surface area (Å²) >= 11 is 0. The lowest BCUT2D eigenvalue weighted by atomic mass is 9.82. The molecule has 2 N–H and O–H groups in total. The van der Waals surface area contributed by atoms with Crippen molar-refractivity contribution in [3.63, 3.8) is 0 Å². The van der Waals surface area contributed by atoms with Crippen molar-refractivity contribution in [1.29, 1.82) is 0 Å². The number of rotatable bonds is 4. The zero-order chi connectivity index (χ0) is 29.5. The van der Waals surface area contributed by atoms with Crippen molar-refractivity contribution < 1.29 is 32.6 Å². The standard InChI is InChI=1S/C30H33F3N4O4/c1-29(2,3)41-28(40)36-16-14-18(15-17-36)23-21-22(30(31,32)33)25(38)27(39)34-26(21)37(35-23)24(19-10-6-4-7-11-19)20-12-8-5-9-13-20/h4-13,18,22,24-25,38H,14-17H2,1-3H3,(H,34,39)/t22-,25+/m0/s1. The molecular formula is C30H33F3N4O4. The van der Waals surface area contributed by atoms with Gasteiger partial charge in [-0.15, -0.1) is 0 Å². The molecule has 1 aromatic heterocycles. The summed E-state index contributed by atoms with van der Waals surface area (Å²) in [6, 6.07) is 17.8. The lowest BCUT2D eigenvalue weighted by Crippen LogP contribution is -2.45. The van der Waals surface area contributed by atoms with Crippen molar-refractivity contribution in [1.82, 2.24) is 14.7 Å². The minimum absolute atomic E-state index is 0.0788. The summed E-state index contributed by atoms with van der Waals surface area (Å²) < 4.78 is 50.5. The number of aliphatic hydroxyl groups excluding tert-OH is 1. The number of nitrogens with zero attached hydrogens (tertiary/aromatic N) is 3. The van der Waals surface area contributed by atoms with Crippen LogP contribution >= 0.6 is 0 Å². The average Bonchev–Trinajstić information content (AvgIpc) is 3.27. The summed E-state index contributed by atoms with van der Waals surface area (Å²) in [7, 11) is 0. The smallest absolute Gasteiger partial charge is 0.410 e. The SMILES string of the molecule is CC(C)(C)OC(=O)N1CCC(c2nn(C(c3ccccc3)c3ccccc3)c3c2[C@H](C(F)(F)F)[C@@H](O)C(=O)N3)CC1. The van der Waals surface area contributed by atoms with Crippen LogP contribution < -0.4 is 5.32 Å². The second-order valence-corrected chi connectivity index (χ2v) is 11.5. The topological polar surface area (TPSA) is 96.7 Å². The monoisotopic (exact) mass is 570 g/mol. The number of alkyl halides is 3. The summed E-state index contributed by atoms with van der Waals surface area (Å²) in [4.78, 5) is 26.9. The highest BCUT2D eigenvalue weighted by atomic mass is 19.4. The molecule has 2 atom stereocenters. The molecule has 0 radical (unpaired) electrons. The molecule has 0 unspecified atom stereocenters. The number of anilines is 1. The van der Waals surface area contributed by atoms with Crippen LogP contribution in [-0.4, -0.2) is 62.8 Å². The minimum Gasteiger partial charge on any atom is -0.444 e. The Kier molecular flexibility index (Phi) is 7.58. The third kappa shape index (κ3) is 5.81. The van der Waals surface area contributed by atoms with Crippen LogP contribution in [0.5, 0.6) is 0 Å². The van der Waals surface area contributed by atoms with Crippen LogP contribution in [0.15, 0.2) is 60.7 Å². The van der Waals surface area contributed by atoms with Gasteiger partial charge in [0.05, 0.1) is 5.69 Å². The molecule has 41 heavy (non-hydrogen) atoms. The van der Waals surface area contributed by atoms with E-state index in [0.29, 0.717) is 12.8 Å². The summed E-state index contributed by atoms with van der Waals surface area (Å²) in [5.74, 6) is -4.09. The fourth-order valence-electron chi connectivity index (χ4n) is 5.63. The number of aromatic nitrogens is 2. The molecule has 1 saturated heterocycles. The predicted molar refractivity (Wildman–Crippen MR) is 146 cm³/mol. The van der Waals surface area contributed by atoms with Crippen LogP contribution in [-0.2, 0) is 9.53 Å². The van der Waals surface area contributed by atoms with Crippen molar-refractivity contribution in [3.8, 4) is 0 Å². The van der Waals surface area contributed by atoms with E-state index in [1.54, 1.807) is 25.7 Å². The number of aliphatic hydroxyl groups is 1.